The minimum atomic E-state index is 0.572. The summed E-state index contributed by atoms with van der Waals surface area (Å²) in [5.74, 6) is 1.21. The molecule has 0 fully saturated rings. The summed E-state index contributed by atoms with van der Waals surface area (Å²) in [6, 6.07) is 11.7. The van der Waals surface area contributed by atoms with Crippen molar-refractivity contribution in [2.24, 2.45) is 0 Å². The van der Waals surface area contributed by atoms with Crippen LogP contribution in [0.5, 0.6) is 0 Å². The maximum absolute atomic E-state index is 6.09. The van der Waals surface area contributed by atoms with Crippen LogP contribution in [0.3, 0.4) is 0 Å². The van der Waals surface area contributed by atoms with Crippen LogP contribution >= 0.6 is 22.9 Å². The van der Waals surface area contributed by atoms with E-state index >= 15 is 0 Å². The molecule has 0 aliphatic carbocycles. The molecule has 2 heterocycles. The van der Waals surface area contributed by atoms with Crippen molar-refractivity contribution >= 4 is 34.6 Å². The quantitative estimate of drug-likeness (QED) is 0.635. The van der Waals surface area contributed by atoms with Crippen LogP contribution in [0.2, 0.25) is 5.02 Å². The Morgan fingerprint density at radius 1 is 1.25 bits per heavy atom. The van der Waals surface area contributed by atoms with Crippen LogP contribution in [0, 0.1) is 0 Å². The molecule has 124 valence electrons. The van der Waals surface area contributed by atoms with E-state index in [0.717, 1.165) is 41.8 Å². The Morgan fingerprint density at radius 2 is 2.17 bits per heavy atom. The highest BCUT2D eigenvalue weighted by molar-refractivity contribution is 7.13. The fourth-order valence-electron chi connectivity index (χ4n) is 2.39. The Labute approximate surface area is 150 Å². The molecule has 3 N–H and O–H groups in total. The maximum Gasteiger partial charge on any atom is 0.254 e. The Balaban J connectivity index is 1.89. The lowest BCUT2D eigenvalue weighted by atomic mass is 10.0. The molecule has 0 aliphatic heterocycles. The fraction of sp³-hybridized carbons (Fsp3) is 0.222. The summed E-state index contributed by atoms with van der Waals surface area (Å²) >= 11 is 7.68. The van der Waals surface area contributed by atoms with Crippen LogP contribution in [-0.4, -0.2) is 16.7 Å². The van der Waals surface area contributed by atoms with Crippen LogP contribution in [0.15, 0.2) is 46.3 Å². The average Bonchev–Trinajstić information content (AvgIpc) is 3.25. The molecule has 6 heteroatoms. The molecule has 0 bridgehead atoms. The summed E-state index contributed by atoms with van der Waals surface area (Å²) in [7, 11) is 0. The molecule has 4 nitrogen and oxygen atoms in total. The van der Waals surface area contributed by atoms with Crippen molar-refractivity contribution in [1.82, 2.24) is 10.1 Å². The number of quaternary nitrogens is 1. The minimum Gasteiger partial charge on any atom is -0.358 e. The lowest BCUT2D eigenvalue weighted by Gasteiger charge is -2.03. The molecule has 0 spiro atoms. The molecule has 0 radical (unpaired) electrons. The average molecular weight is 361 g/mol. The van der Waals surface area contributed by atoms with E-state index in [-0.39, 0.29) is 0 Å². The van der Waals surface area contributed by atoms with Crippen molar-refractivity contribution in [3.63, 3.8) is 0 Å². The number of rotatable bonds is 7. The Kier molecular flexibility index (Phi) is 5.80. The van der Waals surface area contributed by atoms with Gasteiger partial charge in [0.05, 0.1) is 11.4 Å². The second kappa shape index (κ2) is 8.24. The van der Waals surface area contributed by atoms with Gasteiger partial charge in [-0.2, -0.15) is 4.98 Å². The molecule has 0 atom stereocenters. The van der Waals surface area contributed by atoms with Crippen molar-refractivity contribution in [2.75, 3.05) is 6.54 Å². The van der Waals surface area contributed by atoms with E-state index in [1.54, 1.807) is 11.3 Å². The third-order valence-corrected chi connectivity index (χ3v) is 4.68. The zero-order valence-electron chi connectivity index (χ0n) is 13.2. The van der Waals surface area contributed by atoms with E-state index in [1.807, 2.05) is 41.8 Å². The molecule has 0 aliphatic rings. The van der Waals surface area contributed by atoms with Gasteiger partial charge >= 0.3 is 0 Å². The van der Waals surface area contributed by atoms with Crippen molar-refractivity contribution in [1.29, 1.82) is 0 Å². The largest absolute Gasteiger partial charge is 0.358 e. The lowest BCUT2D eigenvalue weighted by Crippen LogP contribution is -2.50. The highest BCUT2D eigenvalue weighted by Crippen LogP contribution is 2.27. The van der Waals surface area contributed by atoms with E-state index in [4.69, 9.17) is 16.1 Å². The molecular formula is C18H19ClN3OS+. The highest BCUT2D eigenvalue weighted by atomic mass is 35.5. The third-order valence-electron chi connectivity index (χ3n) is 3.58. The Hall–Kier alpha value is -1.95. The van der Waals surface area contributed by atoms with E-state index < -0.39 is 0 Å². The van der Waals surface area contributed by atoms with Gasteiger partial charge in [-0.15, -0.1) is 11.3 Å². The molecule has 0 amide bonds. The molecule has 0 saturated heterocycles. The molecule has 3 aromatic rings. The standard InChI is InChI=1S/C18H18ClN3OS/c19-15-7-3-5-13(12-15)11-14(6-1-2-9-20)18-21-17(22-23-18)16-8-4-10-24-16/h3-5,7-8,10-12H,1-2,6,9,20H2/p+1/b14-11+. The summed E-state index contributed by atoms with van der Waals surface area (Å²) in [6.07, 6.45) is 5.04. The monoisotopic (exact) mass is 360 g/mol. The summed E-state index contributed by atoms with van der Waals surface area (Å²) in [6.45, 7) is 0.925. The van der Waals surface area contributed by atoms with Gasteiger partial charge in [-0.3, -0.25) is 0 Å². The van der Waals surface area contributed by atoms with Gasteiger partial charge in [0, 0.05) is 10.6 Å². The molecule has 3 rings (SSSR count). The molecule has 1 aromatic carbocycles. The number of allylic oxidation sites excluding steroid dienone is 1. The van der Waals surface area contributed by atoms with Gasteiger partial charge in [-0.25, -0.2) is 0 Å². The minimum absolute atomic E-state index is 0.572. The second-order valence-corrected chi connectivity index (χ2v) is 6.82. The predicted molar refractivity (Wildman–Crippen MR) is 98.5 cm³/mol. The predicted octanol–water partition coefficient (Wildman–Crippen LogP) is 4.40. The number of nitrogens with zero attached hydrogens (tertiary/aromatic N) is 2. The first kappa shape index (κ1) is 16.9. The summed E-state index contributed by atoms with van der Waals surface area (Å²) in [4.78, 5) is 5.57. The molecule has 0 saturated carbocycles. The normalized spacial score (nSPS) is 11.8. The lowest BCUT2D eigenvalue weighted by molar-refractivity contribution is -0.368. The van der Waals surface area contributed by atoms with Gasteiger partial charge in [0.2, 0.25) is 5.82 Å². The smallest absolute Gasteiger partial charge is 0.254 e. The maximum atomic E-state index is 6.09. The first-order valence-electron chi connectivity index (χ1n) is 7.89. The van der Waals surface area contributed by atoms with Crippen molar-refractivity contribution in [3.8, 4) is 10.7 Å². The number of halogens is 1. The summed E-state index contributed by atoms with van der Waals surface area (Å²) in [5, 5.41) is 6.83. The van der Waals surface area contributed by atoms with Gasteiger partial charge in [0.1, 0.15) is 0 Å². The van der Waals surface area contributed by atoms with E-state index in [1.165, 1.54) is 0 Å². The van der Waals surface area contributed by atoms with Crippen molar-refractivity contribution in [3.05, 3.63) is 58.3 Å². The zero-order valence-corrected chi connectivity index (χ0v) is 14.8. The van der Waals surface area contributed by atoms with Crippen LogP contribution < -0.4 is 5.73 Å². The van der Waals surface area contributed by atoms with Gasteiger partial charge in [-0.1, -0.05) is 35.0 Å². The Morgan fingerprint density at radius 3 is 2.92 bits per heavy atom. The van der Waals surface area contributed by atoms with Crippen molar-refractivity contribution in [2.45, 2.75) is 19.3 Å². The van der Waals surface area contributed by atoms with E-state index in [2.05, 4.69) is 22.0 Å². The summed E-state index contributed by atoms with van der Waals surface area (Å²) < 4.78 is 5.51. The second-order valence-electron chi connectivity index (χ2n) is 5.44. The van der Waals surface area contributed by atoms with Gasteiger partial charge < -0.3 is 10.3 Å². The topological polar surface area (TPSA) is 66.6 Å². The van der Waals surface area contributed by atoms with E-state index in [0.29, 0.717) is 16.7 Å². The van der Waals surface area contributed by atoms with Crippen LogP contribution in [0.4, 0.5) is 0 Å². The number of benzene rings is 1. The van der Waals surface area contributed by atoms with E-state index in [9.17, 15) is 0 Å². The van der Waals surface area contributed by atoms with Crippen LogP contribution in [0.25, 0.3) is 22.4 Å². The van der Waals surface area contributed by atoms with Gasteiger partial charge in [-0.05, 0) is 54.5 Å². The third kappa shape index (κ3) is 4.32. The highest BCUT2D eigenvalue weighted by Gasteiger charge is 2.13. The van der Waals surface area contributed by atoms with Crippen LogP contribution in [0.1, 0.15) is 30.7 Å². The molecule has 2 aromatic heterocycles. The molecule has 0 unspecified atom stereocenters. The van der Waals surface area contributed by atoms with Gasteiger partial charge in [0.25, 0.3) is 5.89 Å². The Bertz CT molecular complexity index is 811. The SMILES string of the molecule is [NH3+]CCCC/C(=C\c1cccc(Cl)c1)c1nc(-c2cccs2)no1. The molecular weight excluding hydrogens is 342 g/mol. The number of unbranched alkanes of at least 4 members (excludes halogenated alkanes) is 1. The van der Waals surface area contributed by atoms with Gasteiger partial charge in [0.15, 0.2) is 0 Å². The number of hydrogen-bond donors (Lipinski definition) is 1. The van der Waals surface area contributed by atoms with Crippen molar-refractivity contribution < 1.29 is 10.3 Å². The first-order valence-corrected chi connectivity index (χ1v) is 9.15. The number of hydrogen-bond acceptors (Lipinski definition) is 4. The summed E-state index contributed by atoms with van der Waals surface area (Å²) in [5.41, 5.74) is 5.96. The van der Waals surface area contributed by atoms with Crippen LogP contribution in [-0.2, 0) is 0 Å². The zero-order chi connectivity index (χ0) is 16.8. The molecule has 24 heavy (non-hydrogen) atoms. The fourth-order valence-corrected chi connectivity index (χ4v) is 3.24. The number of thiophene rings is 1. The first-order chi connectivity index (χ1) is 11.8. The number of aromatic nitrogens is 2.